The van der Waals surface area contributed by atoms with E-state index in [0.29, 0.717) is 36.7 Å². The predicted molar refractivity (Wildman–Crippen MR) is 96.5 cm³/mol. The number of imidazole rings is 1. The Morgan fingerprint density at radius 3 is 2.58 bits per heavy atom. The Morgan fingerprint density at radius 1 is 1.17 bits per heavy atom. The van der Waals surface area contributed by atoms with Crippen molar-refractivity contribution in [3.63, 3.8) is 0 Å². The molecule has 0 saturated carbocycles. The fraction of sp³-hybridized carbons (Fsp3) is 0.688. The van der Waals surface area contributed by atoms with Gasteiger partial charge in [-0.2, -0.15) is 4.98 Å². The number of unbranched alkanes of at least 4 members (excludes halogenated alkanes) is 5. The molecule has 8 heteroatoms. The molecule has 0 saturated heterocycles. The number of hydrogen-bond donors (Lipinski definition) is 3. The Bertz CT molecular complexity index is 773. The highest BCUT2D eigenvalue weighted by Gasteiger charge is 2.16. The van der Waals surface area contributed by atoms with E-state index in [1.807, 2.05) is 4.57 Å². The van der Waals surface area contributed by atoms with Crippen molar-refractivity contribution in [1.29, 1.82) is 0 Å². The van der Waals surface area contributed by atoms with Gasteiger partial charge in [0.25, 0.3) is 5.56 Å². The van der Waals surface area contributed by atoms with Crippen LogP contribution in [0, 0.1) is 0 Å². The number of fused-ring (bicyclic) bond motifs is 1. The summed E-state index contributed by atoms with van der Waals surface area (Å²) in [5, 5.41) is 3.15. The molecule has 2 aromatic rings. The summed E-state index contributed by atoms with van der Waals surface area (Å²) in [6.07, 6.45) is 7.01. The van der Waals surface area contributed by atoms with Gasteiger partial charge in [-0.05, 0) is 6.42 Å². The van der Waals surface area contributed by atoms with Crippen LogP contribution in [0.1, 0.15) is 45.4 Å². The van der Waals surface area contributed by atoms with Crippen LogP contribution in [-0.4, -0.2) is 32.2 Å². The van der Waals surface area contributed by atoms with Gasteiger partial charge in [0.2, 0.25) is 5.95 Å². The average molecular weight is 336 g/mol. The Balaban J connectivity index is 2.26. The molecule has 2 aromatic heterocycles. The third kappa shape index (κ3) is 4.05. The fourth-order valence-corrected chi connectivity index (χ4v) is 2.82. The van der Waals surface area contributed by atoms with E-state index in [-0.39, 0.29) is 0 Å². The van der Waals surface area contributed by atoms with Crippen LogP contribution in [0.25, 0.3) is 11.2 Å². The van der Waals surface area contributed by atoms with Crippen LogP contribution in [-0.2, 0) is 13.6 Å². The van der Waals surface area contributed by atoms with E-state index in [2.05, 4.69) is 22.2 Å². The quantitative estimate of drug-likeness (QED) is 0.564. The molecule has 134 valence electrons. The van der Waals surface area contributed by atoms with Gasteiger partial charge in [-0.15, -0.1) is 0 Å². The minimum absolute atomic E-state index is 0.396. The van der Waals surface area contributed by atoms with E-state index in [1.165, 1.54) is 30.3 Å². The Morgan fingerprint density at radius 2 is 1.88 bits per heavy atom. The highest BCUT2D eigenvalue weighted by Crippen LogP contribution is 2.17. The van der Waals surface area contributed by atoms with Crippen LogP contribution in [0.5, 0.6) is 0 Å². The summed E-state index contributed by atoms with van der Waals surface area (Å²) in [5.74, 6) is 0.593. The molecule has 0 atom stereocenters. The molecule has 0 amide bonds. The van der Waals surface area contributed by atoms with Crippen LogP contribution in [0.15, 0.2) is 9.59 Å². The SMILES string of the molecule is CCCCCCCCn1c(NCCN)nc2c1c(=O)[nH]c(=O)n2C. The number of hydrogen-bond acceptors (Lipinski definition) is 5. The first-order valence-corrected chi connectivity index (χ1v) is 8.73. The molecule has 0 spiro atoms. The molecule has 0 aromatic carbocycles. The first-order chi connectivity index (χ1) is 11.6. The van der Waals surface area contributed by atoms with E-state index in [0.717, 1.165) is 12.8 Å². The number of nitrogens with zero attached hydrogens (tertiary/aromatic N) is 3. The molecule has 0 unspecified atom stereocenters. The molecule has 0 aliphatic rings. The Kier molecular flexibility index (Phi) is 6.60. The van der Waals surface area contributed by atoms with Gasteiger partial charge in [0, 0.05) is 26.7 Å². The lowest BCUT2D eigenvalue weighted by Gasteiger charge is -2.09. The maximum absolute atomic E-state index is 12.3. The summed E-state index contributed by atoms with van der Waals surface area (Å²) in [7, 11) is 1.61. The predicted octanol–water partition coefficient (Wildman–Crippen LogP) is 1.15. The number of H-pyrrole nitrogens is 1. The number of aromatic nitrogens is 4. The van der Waals surface area contributed by atoms with Crippen LogP contribution >= 0.6 is 0 Å². The molecule has 8 nitrogen and oxygen atoms in total. The van der Waals surface area contributed by atoms with Gasteiger partial charge in [0.05, 0.1) is 0 Å². The van der Waals surface area contributed by atoms with E-state index >= 15 is 0 Å². The normalized spacial score (nSPS) is 11.3. The number of nitrogens with two attached hydrogens (primary N) is 1. The summed E-state index contributed by atoms with van der Waals surface area (Å²) < 4.78 is 3.23. The molecule has 0 aliphatic carbocycles. The zero-order valence-electron chi connectivity index (χ0n) is 14.6. The molecule has 0 fully saturated rings. The van der Waals surface area contributed by atoms with E-state index in [1.54, 1.807) is 7.05 Å². The summed E-state index contributed by atoms with van der Waals surface area (Å²) >= 11 is 0. The molecule has 0 bridgehead atoms. The summed E-state index contributed by atoms with van der Waals surface area (Å²) in [4.78, 5) is 30.8. The van der Waals surface area contributed by atoms with Crippen LogP contribution in [0.2, 0.25) is 0 Å². The second-order valence-corrected chi connectivity index (χ2v) is 6.06. The number of aromatic amines is 1. The number of nitrogens with one attached hydrogen (secondary N) is 2. The number of aryl methyl sites for hydroxylation is 2. The third-order valence-electron chi connectivity index (χ3n) is 4.17. The molecular formula is C16H28N6O2. The lowest BCUT2D eigenvalue weighted by Crippen LogP contribution is -2.29. The van der Waals surface area contributed by atoms with Crippen molar-refractivity contribution in [2.45, 2.75) is 52.0 Å². The Hall–Kier alpha value is -2.09. The molecule has 24 heavy (non-hydrogen) atoms. The van der Waals surface area contributed by atoms with Gasteiger partial charge in [-0.3, -0.25) is 14.3 Å². The molecule has 0 aliphatic heterocycles. The van der Waals surface area contributed by atoms with Crippen LogP contribution in [0.3, 0.4) is 0 Å². The smallest absolute Gasteiger partial charge is 0.329 e. The lowest BCUT2D eigenvalue weighted by molar-refractivity contribution is 0.565. The molecule has 2 heterocycles. The van der Waals surface area contributed by atoms with Crippen molar-refractivity contribution in [1.82, 2.24) is 19.1 Å². The zero-order chi connectivity index (χ0) is 17.5. The maximum Gasteiger partial charge on any atom is 0.329 e. The van der Waals surface area contributed by atoms with E-state index < -0.39 is 11.2 Å². The largest absolute Gasteiger partial charge is 0.354 e. The molecular weight excluding hydrogens is 308 g/mol. The lowest BCUT2D eigenvalue weighted by atomic mass is 10.1. The summed E-state index contributed by atoms with van der Waals surface area (Å²) in [5.41, 5.74) is 5.53. The number of anilines is 1. The zero-order valence-corrected chi connectivity index (χ0v) is 14.6. The Labute approximate surface area is 141 Å². The highest BCUT2D eigenvalue weighted by molar-refractivity contribution is 5.74. The van der Waals surface area contributed by atoms with Crippen molar-refractivity contribution in [2.24, 2.45) is 12.8 Å². The van der Waals surface area contributed by atoms with Crippen molar-refractivity contribution in [3.05, 3.63) is 20.8 Å². The topological polar surface area (TPSA) is 111 Å². The van der Waals surface area contributed by atoms with Gasteiger partial charge in [-0.1, -0.05) is 39.0 Å². The summed E-state index contributed by atoms with van der Waals surface area (Å²) in [6, 6.07) is 0. The van der Waals surface area contributed by atoms with Crippen molar-refractivity contribution >= 4 is 17.1 Å². The maximum atomic E-state index is 12.3. The van der Waals surface area contributed by atoms with Crippen molar-refractivity contribution in [3.8, 4) is 0 Å². The summed E-state index contributed by atoms with van der Waals surface area (Å²) in [6.45, 7) is 3.92. The molecule has 0 radical (unpaired) electrons. The second-order valence-electron chi connectivity index (χ2n) is 6.06. The van der Waals surface area contributed by atoms with Gasteiger partial charge < -0.3 is 15.6 Å². The van der Waals surface area contributed by atoms with Crippen molar-refractivity contribution < 1.29 is 0 Å². The third-order valence-corrected chi connectivity index (χ3v) is 4.17. The minimum Gasteiger partial charge on any atom is -0.354 e. The second kappa shape index (κ2) is 8.68. The van der Waals surface area contributed by atoms with E-state index in [4.69, 9.17) is 5.73 Å². The van der Waals surface area contributed by atoms with Gasteiger partial charge in [0.1, 0.15) is 0 Å². The molecule has 4 N–H and O–H groups in total. The minimum atomic E-state index is -0.456. The van der Waals surface area contributed by atoms with E-state index in [9.17, 15) is 9.59 Å². The van der Waals surface area contributed by atoms with Crippen LogP contribution < -0.4 is 22.3 Å². The van der Waals surface area contributed by atoms with Gasteiger partial charge >= 0.3 is 5.69 Å². The average Bonchev–Trinajstić information content (AvgIpc) is 2.93. The van der Waals surface area contributed by atoms with Gasteiger partial charge in [-0.25, -0.2) is 4.79 Å². The first-order valence-electron chi connectivity index (χ1n) is 8.73. The van der Waals surface area contributed by atoms with Crippen molar-refractivity contribution in [2.75, 3.05) is 18.4 Å². The molecule has 2 rings (SSSR count). The fourth-order valence-electron chi connectivity index (χ4n) is 2.82. The monoisotopic (exact) mass is 336 g/mol. The number of rotatable bonds is 10. The van der Waals surface area contributed by atoms with Gasteiger partial charge in [0.15, 0.2) is 11.2 Å². The van der Waals surface area contributed by atoms with Crippen LogP contribution in [0.4, 0.5) is 5.95 Å². The highest BCUT2D eigenvalue weighted by atomic mass is 16.2. The standard InChI is InChI=1S/C16H28N6O2/c1-3-4-5-6-7-8-11-22-12-13(19-15(22)18-10-9-17)21(2)16(24)20-14(12)23/h3-11,17H2,1-2H3,(H,18,19)(H,20,23,24). The first kappa shape index (κ1) is 18.3.